The second kappa shape index (κ2) is 8.12. The van der Waals surface area contributed by atoms with Crippen LogP contribution in [0, 0.1) is 0 Å². The van der Waals surface area contributed by atoms with Crippen LogP contribution in [-0.2, 0) is 0 Å². The van der Waals surface area contributed by atoms with Gasteiger partial charge in [0.25, 0.3) is 5.91 Å². The summed E-state index contributed by atoms with van der Waals surface area (Å²) in [6.07, 6.45) is 1.48. The molecule has 5 nitrogen and oxygen atoms in total. The molecule has 0 radical (unpaired) electrons. The third kappa shape index (κ3) is 4.80. The van der Waals surface area contributed by atoms with Crippen molar-refractivity contribution in [1.82, 2.24) is 5.43 Å². The van der Waals surface area contributed by atoms with E-state index in [-0.39, 0.29) is 11.7 Å². The Hall–Kier alpha value is -1.86. The molecule has 1 amide bonds. The van der Waals surface area contributed by atoms with E-state index >= 15 is 0 Å². The molecule has 120 valence electrons. The van der Waals surface area contributed by atoms with E-state index in [1.54, 1.807) is 36.4 Å². The number of ether oxygens (including phenoxy) is 1. The molecule has 2 aromatic rings. The molecule has 0 unspecified atom stereocenters. The first-order valence-corrected chi connectivity index (χ1v) is 8.34. The highest BCUT2D eigenvalue weighted by molar-refractivity contribution is 9.10. The zero-order valence-corrected chi connectivity index (χ0v) is 15.4. The van der Waals surface area contributed by atoms with Gasteiger partial charge in [0.05, 0.1) is 17.3 Å². The van der Waals surface area contributed by atoms with Crippen LogP contribution in [0.5, 0.6) is 11.5 Å². The number of carbonyl (C=O) groups is 1. The molecular weight excluding hydrogens is 428 g/mol. The number of hydrogen-bond donors (Lipinski definition) is 2. The SMILES string of the molecule is CCOc1cc(/C=N/NC(=O)c2ccc(Br)cc2)cc(Br)c1O. The molecule has 0 fully saturated rings. The van der Waals surface area contributed by atoms with Crippen molar-refractivity contribution in [2.45, 2.75) is 6.92 Å². The van der Waals surface area contributed by atoms with Crippen molar-refractivity contribution in [3.8, 4) is 11.5 Å². The molecule has 2 N–H and O–H groups in total. The van der Waals surface area contributed by atoms with E-state index in [2.05, 4.69) is 42.4 Å². The van der Waals surface area contributed by atoms with Crippen LogP contribution in [0.15, 0.2) is 50.4 Å². The number of carbonyl (C=O) groups excluding carboxylic acids is 1. The zero-order chi connectivity index (χ0) is 16.8. The van der Waals surface area contributed by atoms with Crippen molar-refractivity contribution in [2.24, 2.45) is 5.10 Å². The van der Waals surface area contributed by atoms with Gasteiger partial charge in [-0.1, -0.05) is 15.9 Å². The fraction of sp³-hybridized carbons (Fsp3) is 0.125. The quantitative estimate of drug-likeness (QED) is 0.542. The van der Waals surface area contributed by atoms with E-state index in [1.807, 2.05) is 6.92 Å². The summed E-state index contributed by atoms with van der Waals surface area (Å²) >= 11 is 6.56. The Morgan fingerprint density at radius 2 is 2.00 bits per heavy atom. The lowest BCUT2D eigenvalue weighted by atomic mass is 10.2. The van der Waals surface area contributed by atoms with Crippen LogP contribution in [0.25, 0.3) is 0 Å². The summed E-state index contributed by atoms with van der Waals surface area (Å²) in [4.78, 5) is 11.9. The number of benzene rings is 2. The lowest BCUT2D eigenvalue weighted by Gasteiger charge is -2.08. The number of phenolic OH excluding ortho intramolecular Hbond substituents is 1. The maximum Gasteiger partial charge on any atom is 0.271 e. The molecule has 0 bridgehead atoms. The third-order valence-electron chi connectivity index (χ3n) is 2.84. The Morgan fingerprint density at radius 1 is 1.30 bits per heavy atom. The number of amides is 1. The molecule has 0 aliphatic heterocycles. The molecule has 0 atom stereocenters. The van der Waals surface area contributed by atoms with Crippen LogP contribution in [0.3, 0.4) is 0 Å². The van der Waals surface area contributed by atoms with Crippen molar-refractivity contribution in [1.29, 1.82) is 0 Å². The van der Waals surface area contributed by atoms with Crippen molar-refractivity contribution in [3.63, 3.8) is 0 Å². The predicted molar refractivity (Wildman–Crippen MR) is 96.2 cm³/mol. The first-order chi connectivity index (χ1) is 11.0. The Bertz CT molecular complexity index is 731. The number of hydrazone groups is 1. The Kier molecular flexibility index (Phi) is 6.18. The lowest BCUT2D eigenvalue weighted by molar-refractivity contribution is 0.0955. The average molecular weight is 442 g/mol. The van der Waals surface area contributed by atoms with Gasteiger partial charge in [-0.2, -0.15) is 5.10 Å². The molecule has 2 aromatic carbocycles. The topological polar surface area (TPSA) is 70.9 Å². The molecular formula is C16H14Br2N2O3. The van der Waals surface area contributed by atoms with Crippen LogP contribution < -0.4 is 10.2 Å². The number of nitrogens with zero attached hydrogens (tertiary/aromatic N) is 1. The van der Waals surface area contributed by atoms with Gasteiger partial charge in [-0.3, -0.25) is 4.79 Å². The normalized spacial score (nSPS) is 10.7. The second-order valence-electron chi connectivity index (χ2n) is 4.49. The summed E-state index contributed by atoms with van der Waals surface area (Å²) in [5, 5.41) is 13.8. The van der Waals surface area contributed by atoms with Crippen LogP contribution in [-0.4, -0.2) is 23.8 Å². The minimum absolute atomic E-state index is 0.0305. The summed E-state index contributed by atoms with van der Waals surface area (Å²) < 4.78 is 6.72. The second-order valence-corrected chi connectivity index (χ2v) is 6.26. The Labute approximate surface area is 150 Å². The lowest BCUT2D eigenvalue weighted by Crippen LogP contribution is -2.17. The van der Waals surface area contributed by atoms with Gasteiger partial charge < -0.3 is 9.84 Å². The molecule has 2 rings (SSSR count). The van der Waals surface area contributed by atoms with E-state index in [0.29, 0.717) is 28.0 Å². The highest BCUT2D eigenvalue weighted by atomic mass is 79.9. The van der Waals surface area contributed by atoms with Crippen molar-refractivity contribution < 1.29 is 14.6 Å². The van der Waals surface area contributed by atoms with Gasteiger partial charge in [-0.15, -0.1) is 0 Å². The largest absolute Gasteiger partial charge is 0.503 e. The van der Waals surface area contributed by atoms with E-state index in [9.17, 15) is 9.90 Å². The number of nitrogens with one attached hydrogen (secondary N) is 1. The van der Waals surface area contributed by atoms with Gasteiger partial charge in [0.1, 0.15) is 0 Å². The summed E-state index contributed by atoms with van der Waals surface area (Å²) in [5.74, 6) is 0.0714. The highest BCUT2D eigenvalue weighted by Crippen LogP contribution is 2.35. The average Bonchev–Trinajstić information content (AvgIpc) is 2.53. The molecule has 23 heavy (non-hydrogen) atoms. The Balaban J connectivity index is 2.08. The van der Waals surface area contributed by atoms with Gasteiger partial charge in [-0.05, 0) is 64.8 Å². The van der Waals surface area contributed by atoms with Crippen LogP contribution >= 0.6 is 31.9 Å². The molecule has 0 saturated carbocycles. The maximum atomic E-state index is 11.9. The van der Waals surface area contributed by atoms with Gasteiger partial charge in [0.2, 0.25) is 0 Å². The van der Waals surface area contributed by atoms with Gasteiger partial charge >= 0.3 is 0 Å². The summed E-state index contributed by atoms with van der Waals surface area (Å²) in [7, 11) is 0. The number of rotatable bonds is 5. The van der Waals surface area contributed by atoms with E-state index in [0.717, 1.165) is 4.47 Å². The first kappa shape index (κ1) is 17.5. The van der Waals surface area contributed by atoms with Crippen molar-refractivity contribution in [2.75, 3.05) is 6.61 Å². The third-order valence-corrected chi connectivity index (χ3v) is 3.97. The van der Waals surface area contributed by atoms with E-state index < -0.39 is 0 Å². The summed E-state index contributed by atoms with van der Waals surface area (Å²) in [6, 6.07) is 10.3. The summed E-state index contributed by atoms with van der Waals surface area (Å²) in [5.41, 5.74) is 3.63. The number of halogens is 2. The number of hydrogen-bond acceptors (Lipinski definition) is 4. The molecule has 0 aliphatic carbocycles. The predicted octanol–water partition coefficient (Wildman–Crippen LogP) is 4.08. The summed E-state index contributed by atoms with van der Waals surface area (Å²) in [6.45, 7) is 2.26. The molecule has 0 saturated heterocycles. The van der Waals surface area contributed by atoms with Gasteiger partial charge in [0, 0.05) is 10.0 Å². The van der Waals surface area contributed by atoms with Gasteiger partial charge in [0.15, 0.2) is 11.5 Å². The maximum absolute atomic E-state index is 11.9. The van der Waals surface area contributed by atoms with E-state index in [1.165, 1.54) is 6.21 Å². The number of phenols is 1. The highest BCUT2D eigenvalue weighted by Gasteiger charge is 2.08. The van der Waals surface area contributed by atoms with Crippen LogP contribution in [0.2, 0.25) is 0 Å². The zero-order valence-electron chi connectivity index (χ0n) is 12.2. The number of aromatic hydroxyl groups is 1. The van der Waals surface area contributed by atoms with Crippen LogP contribution in [0.1, 0.15) is 22.8 Å². The first-order valence-electron chi connectivity index (χ1n) is 6.75. The fourth-order valence-electron chi connectivity index (χ4n) is 1.77. The van der Waals surface area contributed by atoms with Crippen molar-refractivity contribution >= 4 is 44.0 Å². The molecule has 0 heterocycles. The van der Waals surface area contributed by atoms with Crippen LogP contribution in [0.4, 0.5) is 0 Å². The molecule has 0 spiro atoms. The van der Waals surface area contributed by atoms with E-state index in [4.69, 9.17) is 4.74 Å². The fourth-order valence-corrected chi connectivity index (χ4v) is 2.49. The van der Waals surface area contributed by atoms with Crippen molar-refractivity contribution in [3.05, 3.63) is 56.5 Å². The van der Waals surface area contributed by atoms with Gasteiger partial charge in [-0.25, -0.2) is 5.43 Å². The monoisotopic (exact) mass is 440 g/mol. The smallest absolute Gasteiger partial charge is 0.271 e. The molecule has 0 aromatic heterocycles. The minimum Gasteiger partial charge on any atom is -0.503 e. The Morgan fingerprint density at radius 3 is 2.65 bits per heavy atom. The minimum atomic E-state index is -0.309. The molecule has 7 heteroatoms. The standard InChI is InChI=1S/C16H14Br2N2O3/c1-2-23-14-8-10(7-13(18)15(14)21)9-19-20-16(22)11-3-5-12(17)6-4-11/h3-9,21H,2H2,1H3,(H,20,22)/b19-9+. The molecule has 0 aliphatic rings.